The summed E-state index contributed by atoms with van der Waals surface area (Å²) in [5.74, 6) is -3.95. The minimum Gasteiger partial charge on any atom is -0.379 e. The maximum atomic E-state index is 13.1. The number of fused-ring (bicyclic) bond motifs is 1. The zero-order chi connectivity index (χ0) is 15.0. The Morgan fingerprint density at radius 2 is 1.81 bits per heavy atom. The van der Waals surface area contributed by atoms with Crippen molar-refractivity contribution in [2.24, 2.45) is 0 Å². The van der Waals surface area contributed by atoms with Gasteiger partial charge in [-0.2, -0.15) is 0 Å². The van der Waals surface area contributed by atoms with Crippen molar-refractivity contribution in [3.05, 3.63) is 58.5 Å². The largest absolute Gasteiger partial charge is 0.379 e. The molecular weight excluding hydrogens is 349 g/mol. The molecule has 4 nitrogen and oxygen atoms in total. The average Bonchev–Trinajstić information content (AvgIpc) is 2.84. The smallest absolute Gasteiger partial charge is 0.194 e. The van der Waals surface area contributed by atoms with E-state index in [2.05, 4.69) is 31.2 Å². The number of imidazole rings is 1. The number of nitrogens with one attached hydrogen (secondary N) is 1. The number of hydrogen-bond acceptors (Lipinski definition) is 3. The molecule has 0 aliphatic heterocycles. The van der Waals surface area contributed by atoms with E-state index in [4.69, 9.17) is 0 Å². The quantitative estimate of drug-likeness (QED) is 0.730. The molecule has 0 fully saturated rings. The summed E-state index contributed by atoms with van der Waals surface area (Å²) < 4.78 is 41.5. The molecule has 0 saturated carbocycles. The third kappa shape index (κ3) is 2.71. The highest BCUT2D eigenvalue weighted by molar-refractivity contribution is 9.10. The maximum absolute atomic E-state index is 13.1. The van der Waals surface area contributed by atoms with Gasteiger partial charge in [0.2, 0.25) is 0 Å². The van der Waals surface area contributed by atoms with E-state index in [0.29, 0.717) is 10.3 Å². The molecule has 1 aromatic carbocycles. The number of hydrogen-bond donors (Lipinski definition) is 1. The minimum atomic E-state index is -1.48. The van der Waals surface area contributed by atoms with Crippen molar-refractivity contribution in [1.29, 1.82) is 0 Å². The molecule has 21 heavy (non-hydrogen) atoms. The van der Waals surface area contributed by atoms with Gasteiger partial charge in [-0.05, 0) is 15.9 Å². The van der Waals surface area contributed by atoms with Gasteiger partial charge in [0, 0.05) is 24.0 Å². The van der Waals surface area contributed by atoms with E-state index in [1.165, 1.54) is 0 Å². The SMILES string of the molecule is Fc1cc(NCc2cnc3cnc(Br)cn23)cc(F)c1F. The lowest BCUT2D eigenvalue weighted by Gasteiger charge is -2.07. The van der Waals surface area contributed by atoms with Gasteiger partial charge < -0.3 is 5.32 Å². The predicted octanol–water partition coefficient (Wildman–Crippen LogP) is 3.52. The Morgan fingerprint density at radius 1 is 1.10 bits per heavy atom. The van der Waals surface area contributed by atoms with Crippen LogP contribution in [0.15, 0.2) is 35.3 Å². The normalized spacial score (nSPS) is 11.0. The molecule has 2 heterocycles. The van der Waals surface area contributed by atoms with Crippen LogP contribution in [0.4, 0.5) is 18.9 Å². The fourth-order valence-corrected chi connectivity index (χ4v) is 2.20. The number of benzene rings is 1. The molecular formula is C13H8BrF3N4. The summed E-state index contributed by atoms with van der Waals surface area (Å²) in [5.41, 5.74) is 1.55. The summed E-state index contributed by atoms with van der Waals surface area (Å²) in [4.78, 5) is 8.20. The van der Waals surface area contributed by atoms with Crippen LogP contribution in [-0.2, 0) is 6.54 Å². The van der Waals surface area contributed by atoms with Crippen LogP contribution in [0, 0.1) is 17.5 Å². The molecule has 8 heteroatoms. The number of anilines is 1. The Balaban J connectivity index is 1.85. The van der Waals surface area contributed by atoms with Crippen molar-refractivity contribution in [3.8, 4) is 0 Å². The van der Waals surface area contributed by atoms with E-state index in [0.717, 1.165) is 17.8 Å². The zero-order valence-corrected chi connectivity index (χ0v) is 12.0. The van der Waals surface area contributed by atoms with Crippen molar-refractivity contribution in [2.75, 3.05) is 5.32 Å². The van der Waals surface area contributed by atoms with Gasteiger partial charge in [-0.1, -0.05) is 0 Å². The Labute approximate surface area is 125 Å². The van der Waals surface area contributed by atoms with Crippen molar-refractivity contribution >= 4 is 27.3 Å². The molecule has 0 radical (unpaired) electrons. The predicted molar refractivity (Wildman–Crippen MR) is 74.3 cm³/mol. The van der Waals surface area contributed by atoms with E-state index in [9.17, 15) is 13.2 Å². The maximum Gasteiger partial charge on any atom is 0.194 e. The molecule has 3 aromatic rings. The zero-order valence-electron chi connectivity index (χ0n) is 10.4. The molecule has 0 bridgehead atoms. The van der Waals surface area contributed by atoms with Crippen LogP contribution in [0.3, 0.4) is 0 Å². The first-order valence-electron chi connectivity index (χ1n) is 5.90. The Hall–Kier alpha value is -2.09. The van der Waals surface area contributed by atoms with Gasteiger partial charge in [-0.15, -0.1) is 0 Å². The van der Waals surface area contributed by atoms with Crippen LogP contribution < -0.4 is 5.32 Å². The molecule has 2 aromatic heterocycles. The lowest BCUT2D eigenvalue weighted by molar-refractivity contribution is 0.447. The minimum absolute atomic E-state index is 0.148. The fourth-order valence-electron chi connectivity index (χ4n) is 1.90. The lowest BCUT2D eigenvalue weighted by Crippen LogP contribution is -2.04. The third-order valence-electron chi connectivity index (χ3n) is 2.90. The van der Waals surface area contributed by atoms with Gasteiger partial charge in [0.05, 0.1) is 24.6 Å². The van der Waals surface area contributed by atoms with Gasteiger partial charge >= 0.3 is 0 Å². The first-order valence-corrected chi connectivity index (χ1v) is 6.70. The first kappa shape index (κ1) is 13.9. The number of rotatable bonds is 3. The van der Waals surface area contributed by atoms with Gasteiger partial charge in [0.15, 0.2) is 23.1 Å². The number of aromatic nitrogens is 3. The summed E-state index contributed by atoms with van der Waals surface area (Å²) >= 11 is 3.25. The molecule has 0 unspecified atom stereocenters. The summed E-state index contributed by atoms with van der Waals surface area (Å²) in [6, 6.07) is 1.80. The molecule has 0 atom stereocenters. The highest BCUT2D eigenvalue weighted by Gasteiger charge is 2.11. The van der Waals surface area contributed by atoms with E-state index >= 15 is 0 Å². The third-order valence-corrected chi connectivity index (χ3v) is 3.31. The molecule has 0 aliphatic rings. The molecule has 0 saturated heterocycles. The molecule has 1 N–H and O–H groups in total. The van der Waals surface area contributed by atoms with Crippen LogP contribution in [0.1, 0.15) is 5.69 Å². The van der Waals surface area contributed by atoms with Crippen LogP contribution in [0.5, 0.6) is 0 Å². The van der Waals surface area contributed by atoms with Crippen molar-refractivity contribution < 1.29 is 13.2 Å². The van der Waals surface area contributed by atoms with Crippen molar-refractivity contribution in [1.82, 2.24) is 14.4 Å². The Bertz CT molecular complexity index is 795. The highest BCUT2D eigenvalue weighted by atomic mass is 79.9. The molecule has 3 rings (SSSR count). The summed E-state index contributed by atoms with van der Waals surface area (Å²) in [7, 11) is 0. The molecule has 108 valence electrons. The second kappa shape index (κ2) is 5.36. The number of halogens is 4. The van der Waals surface area contributed by atoms with Crippen molar-refractivity contribution in [2.45, 2.75) is 6.54 Å². The van der Waals surface area contributed by atoms with Gasteiger partial charge in [-0.3, -0.25) is 4.40 Å². The monoisotopic (exact) mass is 356 g/mol. The molecule has 0 amide bonds. The van der Waals surface area contributed by atoms with Crippen LogP contribution in [0.2, 0.25) is 0 Å². The second-order valence-electron chi connectivity index (χ2n) is 4.30. The Kier molecular flexibility index (Phi) is 3.54. The van der Waals surface area contributed by atoms with Crippen molar-refractivity contribution in [3.63, 3.8) is 0 Å². The topological polar surface area (TPSA) is 42.2 Å². The summed E-state index contributed by atoms with van der Waals surface area (Å²) in [5, 5.41) is 2.82. The second-order valence-corrected chi connectivity index (χ2v) is 5.11. The van der Waals surface area contributed by atoms with E-state index in [1.54, 1.807) is 23.0 Å². The van der Waals surface area contributed by atoms with Gasteiger partial charge in [0.1, 0.15) is 4.60 Å². The fraction of sp³-hybridized carbons (Fsp3) is 0.0769. The van der Waals surface area contributed by atoms with Crippen LogP contribution >= 0.6 is 15.9 Å². The van der Waals surface area contributed by atoms with Crippen LogP contribution in [0.25, 0.3) is 5.65 Å². The van der Waals surface area contributed by atoms with E-state index in [1.807, 2.05) is 0 Å². The van der Waals surface area contributed by atoms with E-state index in [-0.39, 0.29) is 12.2 Å². The first-order chi connectivity index (χ1) is 10.0. The summed E-state index contributed by atoms with van der Waals surface area (Å²) in [6.07, 6.45) is 4.93. The molecule has 0 spiro atoms. The average molecular weight is 357 g/mol. The van der Waals surface area contributed by atoms with E-state index < -0.39 is 17.5 Å². The summed E-state index contributed by atoms with van der Waals surface area (Å²) in [6.45, 7) is 0.266. The standard InChI is InChI=1S/C13H8BrF3N4/c14-11-6-21-8(4-20-12(21)5-19-11)3-18-7-1-9(15)13(17)10(16)2-7/h1-2,4-6,18H,3H2. The highest BCUT2D eigenvalue weighted by Crippen LogP contribution is 2.18. The number of nitrogens with zero attached hydrogens (tertiary/aromatic N) is 3. The Morgan fingerprint density at radius 3 is 2.52 bits per heavy atom. The molecule has 0 aliphatic carbocycles. The van der Waals surface area contributed by atoms with Gasteiger partial charge in [0.25, 0.3) is 0 Å². The lowest BCUT2D eigenvalue weighted by atomic mass is 10.3. The van der Waals surface area contributed by atoms with Gasteiger partial charge in [-0.25, -0.2) is 23.1 Å². The van der Waals surface area contributed by atoms with Crippen LogP contribution in [-0.4, -0.2) is 14.4 Å².